The van der Waals surface area contributed by atoms with Crippen LogP contribution < -0.4 is 11.3 Å². The molecule has 0 spiro atoms. The number of hydrogen-bond acceptors (Lipinski definition) is 3. The number of carbonyl (C=O) groups is 1. The maximum Gasteiger partial charge on any atom is 0.233 e. The Balaban J connectivity index is 2.52. The molecule has 6 heteroatoms. The summed E-state index contributed by atoms with van der Waals surface area (Å²) in [6, 6.07) is 5.35. The summed E-state index contributed by atoms with van der Waals surface area (Å²) in [5, 5.41) is 1.60. The zero-order chi connectivity index (χ0) is 12.8. The van der Waals surface area contributed by atoms with Crippen molar-refractivity contribution in [2.75, 3.05) is 0 Å². The van der Waals surface area contributed by atoms with Crippen LogP contribution >= 0.6 is 35.0 Å². The van der Waals surface area contributed by atoms with E-state index in [0.29, 0.717) is 16.5 Å². The van der Waals surface area contributed by atoms with Crippen molar-refractivity contribution >= 4 is 40.9 Å². The van der Waals surface area contributed by atoms with E-state index in [1.165, 1.54) is 0 Å². The summed E-state index contributed by atoms with van der Waals surface area (Å²) < 4.78 is 0. The van der Waals surface area contributed by atoms with Gasteiger partial charge in [0.2, 0.25) is 5.91 Å². The molecule has 0 saturated heterocycles. The van der Waals surface area contributed by atoms with Gasteiger partial charge in [0.05, 0.1) is 5.02 Å². The first-order valence-corrected chi connectivity index (χ1v) is 6.77. The van der Waals surface area contributed by atoms with Crippen LogP contribution in [0.4, 0.5) is 0 Å². The number of hydrogen-bond donors (Lipinski definition) is 2. The van der Waals surface area contributed by atoms with E-state index in [9.17, 15) is 4.79 Å². The first kappa shape index (κ1) is 14.6. The van der Waals surface area contributed by atoms with Crippen LogP contribution in [0.25, 0.3) is 0 Å². The van der Waals surface area contributed by atoms with Gasteiger partial charge in [-0.2, -0.15) is 0 Å². The average molecular weight is 293 g/mol. The number of amides is 1. The third-order valence-corrected chi connectivity index (χ3v) is 4.07. The minimum absolute atomic E-state index is 0.158. The topological polar surface area (TPSA) is 55.1 Å². The molecule has 0 fully saturated rings. The van der Waals surface area contributed by atoms with Gasteiger partial charge in [0, 0.05) is 21.6 Å². The summed E-state index contributed by atoms with van der Waals surface area (Å²) in [6.07, 6.45) is 1.14. The summed E-state index contributed by atoms with van der Waals surface area (Å²) in [5.41, 5.74) is 2.11. The minimum Gasteiger partial charge on any atom is -0.294 e. The van der Waals surface area contributed by atoms with Crippen molar-refractivity contribution in [2.45, 2.75) is 29.9 Å². The van der Waals surface area contributed by atoms with Gasteiger partial charge in [-0.15, -0.1) is 11.8 Å². The van der Waals surface area contributed by atoms with Crippen molar-refractivity contribution in [1.82, 2.24) is 5.43 Å². The largest absolute Gasteiger partial charge is 0.294 e. The Morgan fingerprint density at radius 2 is 2.24 bits per heavy atom. The Labute approximate surface area is 115 Å². The third kappa shape index (κ3) is 5.17. The SMILES string of the molecule is CC(CCC(=O)NN)Sc1cc(Cl)ccc1Cl. The summed E-state index contributed by atoms with van der Waals surface area (Å²) in [4.78, 5) is 11.9. The Morgan fingerprint density at radius 3 is 2.88 bits per heavy atom. The molecule has 0 bridgehead atoms. The molecular formula is C11H14Cl2N2OS. The highest BCUT2D eigenvalue weighted by molar-refractivity contribution is 8.00. The molecule has 3 nitrogen and oxygen atoms in total. The second-order valence-electron chi connectivity index (χ2n) is 3.61. The summed E-state index contributed by atoms with van der Waals surface area (Å²) in [7, 11) is 0. The van der Waals surface area contributed by atoms with Crippen LogP contribution in [-0.4, -0.2) is 11.2 Å². The smallest absolute Gasteiger partial charge is 0.233 e. The molecule has 0 saturated carbocycles. The summed E-state index contributed by atoms with van der Waals surface area (Å²) in [6.45, 7) is 2.03. The molecule has 1 atom stereocenters. The number of rotatable bonds is 5. The van der Waals surface area contributed by atoms with Gasteiger partial charge in [0.25, 0.3) is 0 Å². The second kappa shape index (κ2) is 7.11. The van der Waals surface area contributed by atoms with Crippen LogP contribution in [0.2, 0.25) is 10.0 Å². The Morgan fingerprint density at radius 1 is 1.53 bits per heavy atom. The Kier molecular flexibility index (Phi) is 6.12. The molecule has 1 rings (SSSR count). The first-order chi connectivity index (χ1) is 8.02. The van der Waals surface area contributed by atoms with Crippen LogP contribution in [-0.2, 0) is 4.79 Å². The van der Waals surface area contributed by atoms with Crippen LogP contribution in [0.15, 0.2) is 23.1 Å². The fourth-order valence-electron chi connectivity index (χ4n) is 1.25. The van der Waals surface area contributed by atoms with Gasteiger partial charge < -0.3 is 0 Å². The fourth-order valence-corrected chi connectivity index (χ4v) is 2.78. The van der Waals surface area contributed by atoms with Gasteiger partial charge in [-0.3, -0.25) is 10.2 Å². The number of carbonyl (C=O) groups excluding carboxylic acids is 1. The van der Waals surface area contributed by atoms with E-state index in [1.807, 2.05) is 13.0 Å². The highest BCUT2D eigenvalue weighted by Crippen LogP contribution is 2.33. The maximum atomic E-state index is 11.0. The molecule has 0 heterocycles. The number of halogens is 2. The van der Waals surface area contributed by atoms with Gasteiger partial charge in [-0.05, 0) is 24.6 Å². The van der Waals surface area contributed by atoms with E-state index in [1.54, 1.807) is 23.9 Å². The van der Waals surface area contributed by atoms with E-state index in [-0.39, 0.29) is 11.2 Å². The molecule has 0 aliphatic carbocycles. The molecule has 0 aliphatic heterocycles. The van der Waals surface area contributed by atoms with Gasteiger partial charge in [0.15, 0.2) is 0 Å². The monoisotopic (exact) mass is 292 g/mol. The van der Waals surface area contributed by atoms with Crippen LogP contribution in [0, 0.1) is 0 Å². The molecule has 0 radical (unpaired) electrons. The molecule has 1 aromatic rings. The normalized spacial score (nSPS) is 12.2. The van der Waals surface area contributed by atoms with Crippen LogP contribution in [0.5, 0.6) is 0 Å². The number of nitrogens with two attached hydrogens (primary N) is 1. The number of nitrogens with one attached hydrogen (secondary N) is 1. The van der Waals surface area contributed by atoms with E-state index < -0.39 is 0 Å². The quantitative estimate of drug-likeness (QED) is 0.379. The second-order valence-corrected chi connectivity index (χ2v) is 5.93. The van der Waals surface area contributed by atoms with E-state index in [4.69, 9.17) is 29.0 Å². The van der Waals surface area contributed by atoms with E-state index in [0.717, 1.165) is 11.3 Å². The lowest BCUT2D eigenvalue weighted by molar-refractivity contribution is -0.121. The molecule has 0 aliphatic rings. The molecule has 17 heavy (non-hydrogen) atoms. The number of hydrazine groups is 1. The van der Waals surface area contributed by atoms with E-state index in [2.05, 4.69) is 5.43 Å². The highest BCUT2D eigenvalue weighted by atomic mass is 35.5. The predicted octanol–water partition coefficient (Wildman–Crippen LogP) is 3.24. The Bertz CT molecular complexity index is 401. The van der Waals surface area contributed by atoms with Crippen molar-refractivity contribution in [3.8, 4) is 0 Å². The van der Waals surface area contributed by atoms with Crippen molar-refractivity contribution < 1.29 is 4.79 Å². The van der Waals surface area contributed by atoms with Gasteiger partial charge in [-0.25, -0.2) is 5.84 Å². The summed E-state index contributed by atoms with van der Waals surface area (Å²) in [5.74, 6) is 4.85. The molecule has 0 aromatic heterocycles. The lowest BCUT2D eigenvalue weighted by atomic mass is 10.2. The fraction of sp³-hybridized carbons (Fsp3) is 0.364. The molecule has 1 aromatic carbocycles. The van der Waals surface area contributed by atoms with Gasteiger partial charge in [-0.1, -0.05) is 30.1 Å². The predicted molar refractivity (Wildman–Crippen MR) is 73.3 cm³/mol. The number of benzene rings is 1. The Hall–Kier alpha value is -0.420. The zero-order valence-corrected chi connectivity index (χ0v) is 11.7. The summed E-state index contributed by atoms with van der Waals surface area (Å²) >= 11 is 13.5. The lowest BCUT2D eigenvalue weighted by Gasteiger charge is -2.11. The lowest BCUT2D eigenvalue weighted by Crippen LogP contribution is -2.30. The van der Waals surface area contributed by atoms with Gasteiger partial charge in [0.1, 0.15) is 0 Å². The van der Waals surface area contributed by atoms with E-state index >= 15 is 0 Å². The molecule has 1 unspecified atom stereocenters. The molecular weight excluding hydrogens is 279 g/mol. The molecule has 94 valence electrons. The minimum atomic E-state index is -0.158. The standard InChI is InChI=1S/C11H14Cl2N2OS/c1-7(2-5-11(16)15-14)17-10-6-8(12)3-4-9(10)13/h3-4,6-7H,2,5,14H2,1H3,(H,15,16). The third-order valence-electron chi connectivity index (χ3n) is 2.16. The maximum absolute atomic E-state index is 11.0. The zero-order valence-electron chi connectivity index (χ0n) is 9.37. The molecule has 1 amide bonds. The highest BCUT2D eigenvalue weighted by Gasteiger charge is 2.10. The van der Waals surface area contributed by atoms with Crippen molar-refractivity contribution in [3.63, 3.8) is 0 Å². The van der Waals surface area contributed by atoms with Crippen LogP contribution in [0.1, 0.15) is 19.8 Å². The number of thioether (sulfide) groups is 1. The van der Waals surface area contributed by atoms with Crippen LogP contribution in [0.3, 0.4) is 0 Å². The first-order valence-electron chi connectivity index (χ1n) is 5.14. The van der Waals surface area contributed by atoms with Crippen molar-refractivity contribution in [2.24, 2.45) is 5.84 Å². The average Bonchev–Trinajstić information content (AvgIpc) is 2.30. The van der Waals surface area contributed by atoms with Gasteiger partial charge >= 0.3 is 0 Å². The molecule has 3 N–H and O–H groups in total. The van der Waals surface area contributed by atoms with Crippen molar-refractivity contribution in [3.05, 3.63) is 28.2 Å². The van der Waals surface area contributed by atoms with Crippen molar-refractivity contribution in [1.29, 1.82) is 0 Å².